The van der Waals surface area contributed by atoms with Gasteiger partial charge in [-0.2, -0.15) is 4.37 Å². The third-order valence-electron chi connectivity index (χ3n) is 9.07. The van der Waals surface area contributed by atoms with Gasteiger partial charge in [-0.05, 0) is 77.5 Å². The summed E-state index contributed by atoms with van der Waals surface area (Å²) in [7, 11) is 0. The van der Waals surface area contributed by atoms with Crippen molar-refractivity contribution in [3.8, 4) is 5.88 Å². The number of benzene rings is 1. The number of aliphatic hydroxyl groups excluding tert-OH is 1. The summed E-state index contributed by atoms with van der Waals surface area (Å²) in [6, 6.07) is 5.82. The average molecular weight is 695 g/mol. The number of H-pyrrole nitrogens is 1. The molecule has 266 valence electrons. The van der Waals surface area contributed by atoms with Crippen LogP contribution in [0.5, 0.6) is 5.88 Å². The fourth-order valence-corrected chi connectivity index (χ4v) is 6.81. The molecule has 1 fully saturated rings. The van der Waals surface area contributed by atoms with Crippen molar-refractivity contribution in [1.82, 2.24) is 23.9 Å². The van der Waals surface area contributed by atoms with Crippen LogP contribution in [0.3, 0.4) is 0 Å². The van der Waals surface area contributed by atoms with Crippen LogP contribution in [-0.4, -0.2) is 113 Å². The first-order chi connectivity index (χ1) is 23.4. The number of hydrogen-bond acceptors (Lipinski definition) is 11. The van der Waals surface area contributed by atoms with Gasteiger partial charge in [-0.1, -0.05) is 13.8 Å². The van der Waals surface area contributed by atoms with Crippen LogP contribution in [0.25, 0.3) is 11.6 Å². The number of anilines is 3. The van der Waals surface area contributed by atoms with Gasteiger partial charge in [0.2, 0.25) is 5.82 Å². The Kier molecular flexibility index (Phi) is 11.6. The summed E-state index contributed by atoms with van der Waals surface area (Å²) >= 11 is 1.09. The molecule has 0 radical (unpaired) electrons. The van der Waals surface area contributed by atoms with Gasteiger partial charge in [-0.25, -0.2) is 0 Å². The van der Waals surface area contributed by atoms with Crippen molar-refractivity contribution in [1.29, 1.82) is 0 Å². The molecule has 13 nitrogen and oxygen atoms in total. The molecule has 2 amide bonds. The molecule has 2 aromatic heterocycles. The van der Waals surface area contributed by atoms with Gasteiger partial charge in [0.25, 0.3) is 17.7 Å². The Bertz CT molecular complexity index is 1650. The zero-order valence-corrected chi connectivity index (χ0v) is 30.5. The molecule has 4 heterocycles. The molecule has 4 N–H and O–H groups in total. The molecule has 0 bridgehead atoms. The summed E-state index contributed by atoms with van der Waals surface area (Å²) in [5, 5.41) is 17.2. The number of carbonyl (C=O) groups is 2. The molecule has 3 aromatic rings. The largest absolute Gasteiger partial charge is 0.472 e. The van der Waals surface area contributed by atoms with E-state index in [9.17, 15) is 14.7 Å². The van der Waals surface area contributed by atoms with Crippen LogP contribution in [0.1, 0.15) is 67.5 Å². The first-order valence-electron chi connectivity index (χ1n) is 17.0. The lowest BCUT2D eigenvalue weighted by Crippen LogP contribution is -2.47. The van der Waals surface area contributed by atoms with Crippen molar-refractivity contribution in [3.05, 3.63) is 46.3 Å². The summed E-state index contributed by atoms with van der Waals surface area (Å²) in [5.41, 5.74) is 5.29. The van der Waals surface area contributed by atoms with E-state index in [4.69, 9.17) is 9.47 Å². The number of nitrogens with one attached hydrogen (secondary N) is 3. The van der Waals surface area contributed by atoms with Crippen molar-refractivity contribution < 1.29 is 24.2 Å². The Morgan fingerprint density at radius 2 is 1.94 bits per heavy atom. The van der Waals surface area contributed by atoms with E-state index >= 15 is 0 Å². The smallest absolute Gasteiger partial charge is 0.270 e. The highest BCUT2D eigenvalue weighted by atomic mass is 32.1. The monoisotopic (exact) mass is 694 g/mol. The number of likely N-dealkylation sites (N-methyl/N-ethyl adjacent to an activating group) is 1. The Labute approximate surface area is 293 Å². The van der Waals surface area contributed by atoms with Crippen LogP contribution in [0.15, 0.2) is 18.2 Å². The second-order valence-electron chi connectivity index (χ2n) is 13.4. The Morgan fingerprint density at radius 3 is 2.63 bits per heavy atom. The van der Waals surface area contributed by atoms with Gasteiger partial charge in [0, 0.05) is 66.6 Å². The van der Waals surface area contributed by atoms with Gasteiger partial charge >= 0.3 is 0 Å². The summed E-state index contributed by atoms with van der Waals surface area (Å²) in [5.74, 6) is 0.750. The SMILES string of the molecule is CCN(CC)CCNC(=O)c1c(C)[nH]c(/C=C2\C(=O)Nc3ccc(N(C[C@H](O)COc4nsnc4N4CCOCC4)C(C)(C)C)cc32)c1C. The van der Waals surface area contributed by atoms with Crippen molar-refractivity contribution in [2.24, 2.45) is 0 Å². The van der Waals surface area contributed by atoms with Gasteiger partial charge < -0.3 is 44.9 Å². The van der Waals surface area contributed by atoms with Crippen molar-refractivity contribution in [2.45, 2.75) is 60.1 Å². The lowest BCUT2D eigenvalue weighted by molar-refractivity contribution is -0.110. The van der Waals surface area contributed by atoms with Crippen LogP contribution < -0.4 is 25.2 Å². The number of aromatic nitrogens is 3. The van der Waals surface area contributed by atoms with Gasteiger partial charge in [-0.15, -0.1) is 4.37 Å². The maximum absolute atomic E-state index is 13.3. The normalized spacial score (nSPS) is 16.2. The average Bonchev–Trinajstić information content (AvgIpc) is 3.75. The van der Waals surface area contributed by atoms with E-state index in [2.05, 4.69) is 73.7 Å². The predicted molar refractivity (Wildman–Crippen MR) is 195 cm³/mol. The van der Waals surface area contributed by atoms with Crippen LogP contribution in [-0.2, 0) is 9.53 Å². The van der Waals surface area contributed by atoms with Gasteiger partial charge in [0.15, 0.2) is 0 Å². The van der Waals surface area contributed by atoms with E-state index in [1.807, 2.05) is 38.1 Å². The Hall–Kier alpha value is -3.98. The number of nitrogens with zero attached hydrogens (tertiary/aromatic N) is 5. The lowest BCUT2D eigenvalue weighted by Gasteiger charge is -2.39. The number of hydrogen-bond donors (Lipinski definition) is 4. The van der Waals surface area contributed by atoms with E-state index < -0.39 is 6.10 Å². The number of fused-ring (bicyclic) bond motifs is 1. The standard InChI is InChI=1S/C35H50N8O5S/c1-8-41(9-2)13-12-36-33(46)30-22(3)29(37-23(30)4)19-27-26-18-24(10-11-28(26)38-32(27)45)43(35(5,6)7)20-25(44)21-48-34-31(39-49-40-34)42-14-16-47-17-15-42/h10-11,18-19,25,37,44H,8-9,12-17,20-21H2,1-7H3,(H,36,46)(H,38,45)/b27-19-/t25-/m0/s1. The van der Waals surface area contributed by atoms with E-state index in [-0.39, 0.29) is 30.5 Å². The topological polar surface area (TPSA) is 148 Å². The molecule has 5 rings (SSSR count). The lowest BCUT2D eigenvalue weighted by atomic mass is 10.00. The fourth-order valence-electron chi connectivity index (χ4n) is 6.29. The molecule has 49 heavy (non-hydrogen) atoms. The molecular formula is C35H50N8O5S. The van der Waals surface area contributed by atoms with Crippen LogP contribution in [0, 0.1) is 13.8 Å². The second-order valence-corrected chi connectivity index (χ2v) is 14.0. The third kappa shape index (κ3) is 8.43. The van der Waals surface area contributed by atoms with E-state index in [1.165, 1.54) is 0 Å². The highest BCUT2D eigenvalue weighted by Gasteiger charge is 2.30. The van der Waals surface area contributed by atoms with E-state index in [1.54, 1.807) is 0 Å². The number of ether oxygens (including phenoxy) is 2. The van der Waals surface area contributed by atoms with Crippen LogP contribution >= 0.6 is 11.7 Å². The summed E-state index contributed by atoms with van der Waals surface area (Å²) in [4.78, 5) is 36.2. The fraction of sp³-hybridized carbons (Fsp3) is 0.543. The molecule has 1 saturated heterocycles. The van der Waals surface area contributed by atoms with Crippen molar-refractivity contribution in [3.63, 3.8) is 0 Å². The highest BCUT2D eigenvalue weighted by molar-refractivity contribution is 6.99. The molecule has 2 aliphatic rings. The maximum atomic E-state index is 13.3. The zero-order chi connectivity index (χ0) is 35.3. The summed E-state index contributed by atoms with van der Waals surface area (Å²) in [6.07, 6.45) is 0.987. The number of aryl methyl sites for hydroxylation is 1. The number of rotatable bonds is 14. The first kappa shape index (κ1) is 36.3. The van der Waals surface area contributed by atoms with E-state index in [0.717, 1.165) is 53.9 Å². The first-order valence-corrected chi connectivity index (χ1v) is 17.7. The van der Waals surface area contributed by atoms with Crippen molar-refractivity contribution in [2.75, 3.05) is 80.8 Å². The molecule has 0 spiro atoms. The number of morpholine rings is 1. The summed E-state index contributed by atoms with van der Waals surface area (Å²) < 4.78 is 20.1. The van der Waals surface area contributed by atoms with Gasteiger partial charge in [-0.3, -0.25) is 9.59 Å². The van der Waals surface area contributed by atoms with Crippen molar-refractivity contribution >= 4 is 52.4 Å². The molecule has 0 unspecified atom stereocenters. The maximum Gasteiger partial charge on any atom is 0.270 e. The number of β-amino-alcohol motifs (C(OH)–C–C–N with tert-alkyl or cyclic N) is 1. The minimum absolute atomic E-state index is 0.0439. The quantitative estimate of drug-likeness (QED) is 0.183. The Balaban J connectivity index is 1.32. The summed E-state index contributed by atoms with van der Waals surface area (Å²) in [6.45, 7) is 20.4. The van der Waals surface area contributed by atoms with E-state index in [0.29, 0.717) is 67.1 Å². The molecule has 1 aromatic carbocycles. The second kappa shape index (κ2) is 15.7. The molecule has 1 atom stereocenters. The number of aliphatic hydroxyl groups is 1. The predicted octanol–water partition coefficient (Wildman–Crippen LogP) is 3.93. The Morgan fingerprint density at radius 1 is 1.20 bits per heavy atom. The minimum Gasteiger partial charge on any atom is -0.472 e. The number of amides is 2. The van der Waals surface area contributed by atoms with Gasteiger partial charge in [0.1, 0.15) is 12.7 Å². The zero-order valence-electron chi connectivity index (χ0n) is 29.7. The molecule has 2 aliphatic heterocycles. The van der Waals surface area contributed by atoms with Crippen LogP contribution in [0.4, 0.5) is 17.2 Å². The molecule has 14 heteroatoms. The van der Waals surface area contributed by atoms with Crippen LogP contribution in [0.2, 0.25) is 0 Å². The minimum atomic E-state index is -0.831. The van der Waals surface area contributed by atoms with Gasteiger partial charge in [0.05, 0.1) is 36.1 Å². The third-order valence-corrected chi connectivity index (χ3v) is 9.57. The number of aromatic amines is 1. The molecular weight excluding hydrogens is 645 g/mol. The highest BCUT2D eigenvalue weighted by Crippen LogP contribution is 2.38. The molecule has 0 saturated carbocycles. The molecule has 0 aliphatic carbocycles. The number of carbonyl (C=O) groups excluding carboxylic acids is 2.